The summed E-state index contributed by atoms with van der Waals surface area (Å²) in [6, 6.07) is 73.6. The molecule has 10 aromatic rings. The van der Waals surface area contributed by atoms with Crippen LogP contribution in [0.3, 0.4) is 0 Å². The molecule has 0 unspecified atom stereocenters. The van der Waals surface area contributed by atoms with E-state index in [0.717, 1.165) is 35.6 Å². The van der Waals surface area contributed by atoms with Crippen molar-refractivity contribution in [1.82, 2.24) is 4.57 Å². The molecule has 0 bridgehead atoms. The molecule has 11 rings (SSSR count). The number of fused-ring (bicyclic) bond motifs is 5. The highest BCUT2D eigenvalue weighted by atomic mass is 15.1. The van der Waals surface area contributed by atoms with Gasteiger partial charge in [-0.1, -0.05) is 164 Å². The molecule has 0 fully saturated rings. The van der Waals surface area contributed by atoms with Crippen LogP contribution in [0.5, 0.6) is 0 Å². The van der Waals surface area contributed by atoms with Gasteiger partial charge in [0.05, 0.1) is 22.4 Å². The zero-order valence-electron chi connectivity index (χ0n) is 32.4. The van der Waals surface area contributed by atoms with E-state index in [2.05, 4.69) is 216 Å². The summed E-state index contributed by atoms with van der Waals surface area (Å²) < 4.78 is 2.42. The van der Waals surface area contributed by atoms with E-state index in [1.807, 2.05) is 0 Å². The van der Waals surface area contributed by atoms with Crippen molar-refractivity contribution in [3.8, 4) is 27.9 Å². The number of anilines is 3. The molecule has 0 atom stereocenters. The van der Waals surface area contributed by atoms with Crippen molar-refractivity contribution >= 4 is 66.0 Å². The first-order chi connectivity index (χ1) is 28.8. The van der Waals surface area contributed by atoms with Crippen molar-refractivity contribution in [2.75, 3.05) is 4.90 Å². The fourth-order valence-electron chi connectivity index (χ4n) is 9.51. The van der Waals surface area contributed by atoms with E-state index in [4.69, 9.17) is 0 Å². The Kier molecular flexibility index (Phi) is 8.47. The molecule has 1 aromatic heterocycles. The average Bonchev–Trinajstić information content (AvgIpc) is 3.64. The summed E-state index contributed by atoms with van der Waals surface area (Å²) in [5.74, 6) is 0. The Hall–Kier alpha value is -7.16. The summed E-state index contributed by atoms with van der Waals surface area (Å²) in [4.78, 5) is 2.48. The van der Waals surface area contributed by atoms with Crippen molar-refractivity contribution in [2.45, 2.75) is 25.7 Å². The van der Waals surface area contributed by atoms with Crippen LogP contribution in [0.2, 0.25) is 0 Å². The van der Waals surface area contributed by atoms with Gasteiger partial charge in [0.15, 0.2) is 0 Å². The number of hydrogen-bond donors (Lipinski definition) is 0. The van der Waals surface area contributed by atoms with Gasteiger partial charge in [0, 0.05) is 38.7 Å². The number of benzene rings is 9. The maximum absolute atomic E-state index is 2.48. The lowest BCUT2D eigenvalue weighted by atomic mass is 9.86. The van der Waals surface area contributed by atoms with Gasteiger partial charge in [0.2, 0.25) is 0 Å². The van der Waals surface area contributed by atoms with Crippen molar-refractivity contribution in [2.24, 2.45) is 0 Å². The molecule has 9 aromatic carbocycles. The van der Waals surface area contributed by atoms with Gasteiger partial charge in [0.25, 0.3) is 0 Å². The van der Waals surface area contributed by atoms with Crippen molar-refractivity contribution in [3.63, 3.8) is 0 Å². The number of para-hydroxylation sites is 4. The standard InChI is InChI=1S/C56H42N2/c1-3-17-40(18-4-1)46-28-13-21-42-22-14-30-50(55(42)46)48-26-9-11-32-53(48)57(52-34-15-20-39-19-7-8-25-45(39)52)44-37-35-41(36-38-44)47-29-16-31-51-49-27-10-12-33-54(49)58(56(47)51)43-23-5-2-6-24-43/h2,5-17,19-38H,1,3-4,18H2. The molecule has 0 amide bonds. The second-order valence-electron chi connectivity index (χ2n) is 15.5. The maximum atomic E-state index is 2.48. The minimum atomic E-state index is 1.11. The first kappa shape index (κ1) is 34.1. The van der Waals surface area contributed by atoms with Crippen LogP contribution in [0, 0.1) is 0 Å². The molecule has 276 valence electrons. The smallest absolute Gasteiger partial charge is 0.0619 e. The van der Waals surface area contributed by atoms with Gasteiger partial charge >= 0.3 is 0 Å². The van der Waals surface area contributed by atoms with E-state index in [1.165, 1.54) is 89.6 Å². The highest BCUT2D eigenvalue weighted by Gasteiger charge is 2.22. The summed E-state index contributed by atoms with van der Waals surface area (Å²) in [5, 5.41) is 7.56. The zero-order chi connectivity index (χ0) is 38.4. The fraction of sp³-hybridized carbons (Fsp3) is 0.0714. The molecule has 1 heterocycles. The third-order valence-electron chi connectivity index (χ3n) is 12.1. The van der Waals surface area contributed by atoms with Crippen LogP contribution in [-0.2, 0) is 0 Å². The lowest BCUT2D eigenvalue weighted by Gasteiger charge is -2.29. The minimum absolute atomic E-state index is 1.11. The Morgan fingerprint density at radius 3 is 1.88 bits per heavy atom. The molecule has 2 heteroatoms. The van der Waals surface area contributed by atoms with Crippen molar-refractivity contribution < 1.29 is 0 Å². The Morgan fingerprint density at radius 2 is 1.03 bits per heavy atom. The number of allylic oxidation sites excluding steroid dienone is 2. The van der Waals surface area contributed by atoms with Crippen LogP contribution >= 0.6 is 0 Å². The number of rotatable bonds is 7. The van der Waals surface area contributed by atoms with E-state index < -0.39 is 0 Å². The predicted molar refractivity (Wildman–Crippen MR) is 248 cm³/mol. The number of aromatic nitrogens is 1. The van der Waals surface area contributed by atoms with E-state index in [-0.39, 0.29) is 0 Å². The maximum Gasteiger partial charge on any atom is 0.0619 e. The highest BCUT2D eigenvalue weighted by Crippen LogP contribution is 2.47. The Labute approximate surface area is 339 Å². The molecular weight excluding hydrogens is 701 g/mol. The molecule has 0 radical (unpaired) electrons. The third kappa shape index (κ3) is 5.72. The summed E-state index contributed by atoms with van der Waals surface area (Å²) in [6.45, 7) is 0. The monoisotopic (exact) mass is 742 g/mol. The topological polar surface area (TPSA) is 8.17 Å². The van der Waals surface area contributed by atoms with Crippen LogP contribution in [0.25, 0.3) is 76.9 Å². The summed E-state index contributed by atoms with van der Waals surface area (Å²) >= 11 is 0. The Balaban J connectivity index is 1.12. The van der Waals surface area contributed by atoms with Gasteiger partial charge in [0.1, 0.15) is 0 Å². The van der Waals surface area contributed by atoms with Gasteiger partial charge in [-0.3, -0.25) is 0 Å². The Bertz CT molecular complexity index is 3160. The Morgan fingerprint density at radius 1 is 0.414 bits per heavy atom. The summed E-state index contributed by atoms with van der Waals surface area (Å²) in [6.07, 6.45) is 7.27. The van der Waals surface area contributed by atoms with Gasteiger partial charge in [-0.2, -0.15) is 0 Å². The van der Waals surface area contributed by atoms with Crippen LogP contribution in [0.15, 0.2) is 206 Å². The molecule has 0 aliphatic heterocycles. The second kappa shape index (κ2) is 14.4. The van der Waals surface area contributed by atoms with Crippen LogP contribution in [0.4, 0.5) is 17.1 Å². The molecular formula is C56H42N2. The molecule has 0 saturated heterocycles. The molecule has 0 N–H and O–H groups in total. The van der Waals surface area contributed by atoms with Crippen LogP contribution < -0.4 is 4.90 Å². The van der Waals surface area contributed by atoms with E-state index in [9.17, 15) is 0 Å². The summed E-state index contributed by atoms with van der Waals surface area (Å²) in [5.41, 5.74) is 14.7. The quantitative estimate of drug-likeness (QED) is 0.158. The third-order valence-corrected chi connectivity index (χ3v) is 12.1. The lowest BCUT2D eigenvalue weighted by Crippen LogP contribution is -2.12. The average molecular weight is 743 g/mol. The van der Waals surface area contributed by atoms with Gasteiger partial charge in [-0.05, 0) is 107 Å². The first-order valence-electron chi connectivity index (χ1n) is 20.6. The summed E-state index contributed by atoms with van der Waals surface area (Å²) in [7, 11) is 0. The molecule has 2 nitrogen and oxygen atoms in total. The van der Waals surface area contributed by atoms with E-state index >= 15 is 0 Å². The normalized spacial score (nSPS) is 13.0. The second-order valence-corrected chi connectivity index (χ2v) is 15.5. The van der Waals surface area contributed by atoms with Crippen molar-refractivity contribution in [1.29, 1.82) is 0 Å². The number of nitrogens with zero attached hydrogens (tertiary/aromatic N) is 2. The minimum Gasteiger partial charge on any atom is -0.309 e. The lowest BCUT2D eigenvalue weighted by molar-refractivity contribution is 0.742. The van der Waals surface area contributed by atoms with E-state index in [1.54, 1.807) is 0 Å². The van der Waals surface area contributed by atoms with Crippen LogP contribution in [-0.4, -0.2) is 4.57 Å². The SMILES string of the molecule is C1=C(c2cccc3cccc(-c4ccccc4N(c4ccc(-c5cccc6c7ccccc7n(-c7ccccc7)c56)cc4)c4cccc5ccccc45)c23)CCCC1. The van der Waals surface area contributed by atoms with Crippen molar-refractivity contribution in [3.05, 3.63) is 212 Å². The number of hydrogen-bond acceptors (Lipinski definition) is 1. The predicted octanol–water partition coefficient (Wildman–Crippen LogP) is 15.9. The highest BCUT2D eigenvalue weighted by molar-refractivity contribution is 6.14. The fourth-order valence-corrected chi connectivity index (χ4v) is 9.51. The first-order valence-corrected chi connectivity index (χ1v) is 20.6. The van der Waals surface area contributed by atoms with Gasteiger partial charge in [-0.25, -0.2) is 0 Å². The van der Waals surface area contributed by atoms with Gasteiger partial charge < -0.3 is 9.47 Å². The van der Waals surface area contributed by atoms with E-state index in [0.29, 0.717) is 0 Å². The zero-order valence-corrected chi connectivity index (χ0v) is 32.4. The molecule has 1 aliphatic carbocycles. The van der Waals surface area contributed by atoms with Gasteiger partial charge in [-0.15, -0.1) is 0 Å². The molecule has 1 aliphatic rings. The molecule has 58 heavy (non-hydrogen) atoms. The largest absolute Gasteiger partial charge is 0.309 e. The molecule has 0 saturated carbocycles. The molecule has 0 spiro atoms. The van der Waals surface area contributed by atoms with Crippen LogP contribution in [0.1, 0.15) is 31.2 Å².